The van der Waals surface area contributed by atoms with Crippen molar-refractivity contribution in [3.63, 3.8) is 0 Å². The Hall–Kier alpha value is -3.15. The maximum atomic E-state index is 12.5. The monoisotopic (exact) mass is 390 g/mol. The molecule has 1 saturated heterocycles. The number of para-hydroxylation sites is 1. The summed E-state index contributed by atoms with van der Waals surface area (Å²) in [6.45, 7) is 1.92. The molecular weight excluding hydrogens is 364 g/mol. The number of methoxy groups -OCH3 is 1. The van der Waals surface area contributed by atoms with Gasteiger partial charge in [0.1, 0.15) is 11.9 Å². The summed E-state index contributed by atoms with van der Waals surface area (Å²) in [5, 5.41) is 4.25. The highest BCUT2D eigenvalue weighted by Crippen LogP contribution is 2.26. The first kappa shape index (κ1) is 19.2. The zero-order valence-corrected chi connectivity index (χ0v) is 16.7. The smallest absolute Gasteiger partial charge is 0.328 e. The van der Waals surface area contributed by atoms with E-state index in [1.54, 1.807) is 0 Å². The number of anilines is 2. The first-order valence-electron chi connectivity index (χ1n) is 10.1. The molecule has 1 fully saturated rings. The Balaban J connectivity index is 1.69. The quantitative estimate of drug-likeness (QED) is 0.646. The number of nitrogens with zero attached hydrogens (tertiary/aromatic N) is 3. The minimum Gasteiger partial charge on any atom is -0.467 e. The summed E-state index contributed by atoms with van der Waals surface area (Å²) in [6, 6.07) is 17.3. The highest BCUT2D eigenvalue weighted by Gasteiger charge is 2.23. The number of nitrogens with one attached hydrogen (secondary N) is 1. The van der Waals surface area contributed by atoms with Crippen LogP contribution < -0.4 is 10.2 Å². The summed E-state index contributed by atoms with van der Waals surface area (Å²) in [4.78, 5) is 24.3. The van der Waals surface area contributed by atoms with E-state index < -0.39 is 6.04 Å². The van der Waals surface area contributed by atoms with Crippen molar-refractivity contribution in [2.24, 2.45) is 0 Å². The molecule has 0 unspecified atom stereocenters. The van der Waals surface area contributed by atoms with Crippen molar-refractivity contribution in [3.05, 3.63) is 60.2 Å². The molecule has 4 rings (SSSR count). The number of hydrogen-bond donors (Lipinski definition) is 1. The van der Waals surface area contributed by atoms with E-state index in [0.29, 0.717) is 18.2 Å². The fourth-order valence-electron chi connectivity index (χ4n) is 3.76. The first-order chi connectivity index (χ1) is 14.2. The van der Waals surface area contributed by atoms with Gasteiger partial charge in [-0.05, 0) is 37.0 Å². The number of piperidine rings is 1. The minimum atomic E-state index is -0.532. The average Bonchev–Trinajstić information content (AvgIpc) is 2.79. The molecule has 0 bridgehead atoms. The number of carbonyl (C=O) groups excluding carboxylic acids is 1. The van der Waals surface area contributed by atoms with E-state index in [2.05, 4.69) is 10.2 Å². The number of fused-ring (bicyclic) bond motifs is 1. The highest BCUT2D eigenvalue weighted by molar-refractivity contribution is 5.92. The molecule has 1 atom stereocenters. The van der Waals surface area contributed by atoms with E-state index in [4.69, 9.17) is 14.7 Å². The van der Waals surface area contributed by atoms with E-state index in [0.717, 1.165) is 42.4 Å². The Labute approximate surface area is 170 Å². The summed E-state index contributed by atoms with van der Waals surface area (Å²) in [5.74, 6) is 1.08. The van der Waals surface area contributed by atoms with Crippen LogP contribution in [0.25, 0.3) is 10.9 Å². The third kappa shape index (κ3) is 4.47. The van der Waals surface area contributed by atoms with Gasteiger partial charge in [-0.15, -0.1) is 0 Å². The van der Waals surface area contributed by atoms with E-state index in [9.17, 15) is 4.79 Å². The normalized spacial score (nSPS) is 15.1. The van der Waals surface area contributed by atoms with Crippen molar-refractivity contribution >= 4 is 28.6 Å². The lowest BCUT2D eigenvalue weighted by atomic mass is 10.1. The number of benzene rings is 2. The molecule has 2 aromatic carbocycles. The Morgan fingerprint density at radius 3 is 2.52 bits per heavy atom. The van der Waals surface area contributed by atoms with Crippen LogP contribution in [0, 0.1) is 0 Å². The van der Waals surface area contributed by atoms with Gasteiger partial charge in [-0.25, -0.2) is 9.78 Å². The van der Waals surface area contributed by atoms with Gasteiger partial charge in [0.15, 0.2) is 0 Å². The molecule has 3 aromatic rings. The van der Waals surface area contributed by atoms with Crippen LogP contribution in [0.15, 0.2) is 54.6 Å². The largest absolute Gasteiger partial charge is 0.467 e. The van der Waals surface area contributed by atoms with Gasteiger partial charge >= 0.3 is 5.97 Å². The molecule has 0 amide bonds. The van der Waals surface area contributed by atoms with Crippen LogP contribution in [0.4, 0.5) is 11.8 Å². The third-order valence-electron chi connectivity index (χ3n) is 5.31. The van der Waals surface area contributed by atoms with Gasteiger partial charge in [-0.2, -0.15) is 4.98 Å². The molecular formula is C23H26N4O2. The maximum Gasteiger partial charge on any atom is 0.328 e. The van der Waals surface area contributed by atoms with Gasteiger partial charge in [0.25, 0.3) is 0 Å². The molecule has 0 spiro atoms. The van der Waals surface area contributed by atoms with Crippen LogP contribution in [0.1, 0.15) is 24.8 Å². The summed E-state index contributed by atoms with van der Waals surface area (Å²) in [7, 11) is 1.42. The van der Waals surface area contributed by atoms with Gasteiger partial charge in [0.05, 0.1) is 12.6 Å². The fraction of sp³-hybridized carbons (Fsp3) is 0.348. The molecule has 0 radical (unpaired) electrons. The van der Waals surface area contributed by atoms with Gasteiger partial charge in [0, 0.05) is 24.9 Å². The Bertz CT molecular complexity index is 971. The van der Waals surface area contributed by atoms with Crippen molar-refractivity contribution in [2.75, 3.05) is 30.4 Å². The van der Waals surface area contributed by atoms with E-state index in [1.807, 2.05) is 54.6 Å². The molecule has 6 heteroatoms. The third-order valence-corrected chi connectivity index (χ3v) is 5.31. The van der Waals surface area contributed by atoms with E-state index >= 15 is 0 Å². The van der Waals surface area contributed by atoms with Crippen LogP contribution in [-0.4, -0.2) is 42.2 Å². The summed E-state index contributed by atoms with van der Waals surface area (Å²) >= 11 is 0. The van der Waals surface area contributed by atoms with Gasteiger partial charge in [-0.3, -0.25) is 0 Å². The number of carbonyl (C=O) groups is 1. The van der Waals surface area contributed by atoms with Crippen LogP contribution in [-0.2, 0) is 16.0 Å². The number of esters is 1. The molecule has 1 N–H and O–H groups in total. The van der Waals surface area contributed by atoms with E-state index in [-0.39, 0.29) is 5.97 Å². The van der Waals surface area contributed by atoms with Crippen LogP contribution in [0.3, 0.4) is 0 Å². The van der Waals surface area contributed by atoms with Crippen molar-refractivity contribution in [1.29, 1.82) is 0 Å². The second-order valence-electron chi connectivity index (χ2n) is 7.35. The van der Waals surface area contributed by atoms with Gasteiger partial charge < -0.3 is 15.0 Å². The maximum absolute atomic E-state index is 12.5. The van der Waals surface area contributed by atoms with Crippen molar-refractivity contribution in [3.8, 4) is 0 Å². The zero-order chi connectivity index (χ0) is 20.1. The van der Waals surface area contributed by atoms with Crippen molar-refractivity contribution in [1.82, 2.24) is 9.97 Å². The minimum absolute atomic E-state index is 0.309. The van der Waals surface area contributed by atoms with Gasteiger partial charge in [0.2, 0.25) is 5.95 Å². The standard InChI is InChI=1S/C23H26N4O2/c1-29-22(28)20(16-17-10-4-2-5-11-17)24-21-18-12-6-7-13-19(18)25-23(26-21)27-14-8-3-9-15-27/h2,4-7,10-13,20H,3,8-9,14-16H2,1H3,(H,24,25,26)/t20-/m0/s1. The summed E-state index contributed by atoms with van der Waals surface area (Å²) in [6.07, 6.45) is 4.07. The highest BCUT2D eigenvalue weighted by atomic mass is 16.5. The number of ether oxygens (including phenoxy) is 1. The van der Waals surface area contributed by atoms with Crippen LogP contribution >= 0.6 is 0 Å². The molecule has 150 valence electrons. The topological polar surface area (TPSA) is 67.3 Å². The lowest BCUT2D eigenvalue weighted by Gasteiger charge is -2.27. The summed E-state index contributed by atoms with van der Waals surface area (Å²) in [5.41, 5.74) is 1.93. The first-order valence-corrected chi connectivity index (χ1v) is 10.1. The second kappa shape index (κ2) is 8.90. The Kier molecular flexibility index (Phi) is 5.89. The molecule has 1 aliphatic heterocycles. The number of rotatable bonds is 6. The zero-order valence-electron chi connectivity index (χ0n) is 16.7. The molecule has 1 aromatic heterocycles. The molecule has 29 heavy (non-hydrogen) atoms. The lowest BCUT2D eigenvalue weighted by molar-refractivity contribution is -0.141. The van der Waals surface area contributed by atoms with E-state index in [1.165, 1.54) is 13.5 Å². The SMILES string of the molecule is COC(=O)[C@H](Cc1ccccc1)Nc1nc(N2CCCCC2)nc2ccccc12. The van der Waals surface area contributed by atoms with Crippen LogP contribution in [0.2, 0.25) is 0 Å². The molecule has 0 aliphatic carbocycles. The molecule has 6 nitrogen and oxygen atoms in total. The Morgan fingerprint density at radius 2 is 1.76 bits per heavy atom. The van der Waals surface area contributed by atoms with Crippen molar-refractivity contribution in [2.45, 2.75) is 31.7 Å². The average molecular weight is 390 g/mol. The fourth-order valence-corrected chi connectivity index (χ4v) is 3.76. The summed E-state index contributed by atoms with van der Waals surface area (Å²) < 4.78 is 5.06. The molecule has 0 saturated carbocycles. The predicted octanol–water partition coefficient (Wildman–Crippen LogP) is 3.82. The van der Waals surface area contributed by atoms with Gasteiger partial charge in [-0.1, -0.05) is 42.5 Å². The van der Waals surface area contributed by atoms with Crippen molar-refractivity contribution < 1.29 is 9.53 Å². The lowest BCUT2D eigenvalue weighted by Crippen LogP contribution is -2.34. The van der Waals surface area contributed by atoms with Crippen LogP contribution in [0.5, 0.6) is 0 Å². The predicted molar refractivity (Wildman–Crippen MR) is 115 cm³/mol. The number of aromatic nitrogens is 2. The Morgan fingerprint density at radius 1 is 1.03 bits per heavy atom. The number of hydrogen-bond acceptors (Lipinski definition) is 6. The molecule has 1 aliphatic rings. The second-order valence-corrected chi connectivity index (χ2v) is 7.35. The molecule has 2 heterocycles.